The molecule has 2 atom stereocenters. The van der Waals surface area contributed by atoms with E-state index in [0.29, 0.717) is 13.2 Å². The minimum Gasteiger partial charge on any atom is -0.383 e. The number of nitrogens with two attached hydrogens (primary N) is 1. The number of nitrogens with zero attached hydrogens (tertiary/aromatic N) is 2. The molecule has 0 aliphatic carbocycles. The largest absolute Gasteiger partial charge is 0.383 e. The van der Waals surface area contributed by atoms with Crippen LogP contribution in [-0.4, -0.2) is 48.4 Å². The molecule has 1 aliphatic heterocycles. The van der Waals surface area contributed by atoms with E-state index in [4.69, 9.17) is 24.3 Å². The Labute approximate surface area is 229 Å². The van der Waals surface area contributed by atoms with Gasteiger partial charge in [0.1, 0.15) is 18.3 Å². The summed E-state index contributed by atoms with van der Waals surface area (Å²) in [6.07, 6.45) is 22.4. The molecule has 1 aromatic rings. The van der Waals surface area contributed by atoms with Crippen molar-refractivity contribution in [2.75, 3.05) is 38.5 Å². The lowest BCUT2D eigenvalue weighted by atomic mass is 10.0. The average molecular weight is 558 g/mol. The van der Waals surface area contributed by atoms with E-state index < -0.39 is 19.4 Å². The SMILES string of the molecule is CCCCCCCCCCCCCCCCCCOCCOP1(=O)COCC(Cn2ccc(N)nc2=O)O1. The lowest BCUT2D eigenvalue weighted by Crippen LogP contribution is -2.35. The Morgan fingerprint density at radius 3 is 2.08 bits per heavy atom. The topological polar surface area (TPSA) is 115 Å². The maximum Gasteiger partial charge on any atom is 0.356 e. The molecular formula is C28H52N3O6P. The van der Waals surface area contributed by atoms with Crippen molar-refractivity contribution in [3.8, 4) is 0 Å². The van der Waals surface area contributed by atoms with Gasteiger partial charge in [0, 0.05) is 12.8 Å². The Balaban J connectivity index is 1.37. The molecule has 1 aromatic heterocycles. The first-order valence-electron chi connectivity index (χ1n) is 14.9. The maximum absolute atomic E-state index is 12.8. The van der Waals surface area contributed by atoms with Crippen molar-refractivity contribution in [2.45, 2.75) is 122 Å². The minimum absolute atomic E-state index is 0.0997. The molecule has 1 fully saturated rings. The quantitative estimate of drug-likeness (QED) is 0.117. The van der Waals surface area contributed by atoms with E-state index in [1.165, 1.54) is 113 Å². The molecule has 0 radical (unpaired) electrons. The zero-order chi connectivity index (χ0) is 27.3. The third kappa shape index (κ3) is 15.4. The zero-order valence-electron chi connectivity index (χ0n) is 23.7. The van der Waals surface area contributed by atoms with Gasteiger partial charge in [-0.05, 0) is 12.5 Å². The summed E-state index contributed by atoms with van der Waals surface area (Å²) < 4.78 is 36.3. The van der Waals surface area contributed by atoms with E-state index >= 15 is 0 Å². The highest BCUT2D eigenvalue weighted by Crippen LogP contribution is 2.51. The number of anilines is 1. The smallest absolute Gasteiger partial charge is 0.356 e. The monoisotopic (exact) mass is 557 g/mol. The van der Waals surface area contributed by atoms with Crippen LogP contribution in [0.3, 0.4) is 0 Å². The summed E-state index contributed by atoms with van der Waals surface area (Å²) in [7, 11) is -3.39. The number of hydrogen-bond donors (Lipinski definition) is 1. The molecule has 0 spiro atoms. The standard InChI is InChI=1S/C28H52N3O6P/c1-2-3-4-5-6-7-8-9-10-11-12-13-14-15-16-17-20-34-21-22-36-38(33)25-35-24-26(37-38)23-31-19-18-27(29)30-28(31)32/h18-19,26H,2-17,20-25H2,1H3,(H2,29,30,32). The normalized spacial score (nSPS) is 19.7. The highest BCUT2D eigenvalue weighted by Gasteiger charge is 2.34. The second-order valence-electron chi connectivity index (χ2n) is 10.4. The van der Waals surface area contributed by atoms with Gasteiger partial charge in [-0.15, -0.1) is 0 Å². The van der Waals surface area contributed by atoms with Crippen LogP contribution in [0.2, 0.25) is 0 Å². The van der Waals surface area contributed by atoms with E-state index in [0.717, 1.165) is 6.42 Å². The van der Waals surface area contributed by atoms with Crippen molar-refractivity contribution in [2.24, 2.45) is 0 Å². The van der Waals surface area contributed by atoms with Gasteiger partial charge >= 0.3 is 13.3 Å². The van der Waals surface area contributed by atoms with Gasteiger partial charge < -0.3 is 19.7 Å². The Morgan fingerprint density at radius 2 is 1.50 bits per heavy atom. The van der Waals surface area contributed by atoms with Crippen molar-refractivity contribution < 1.29 is 23.1 Å². The highest BCUT2D eigenvalue weighted by atomic mass is 31.2. The van der Waals surface area contributed by atoms with Crippen LogP contribution in [0.4, 0.5) is 5.82 Å². The molecule has 9 nitrogen and oxygen atoms in total. The molecule has 0 aromatic carbocycles. The lowest BCUT2D eigenvalue weighted by Gasteiger charge is -2.29. The second-order valence-corrected chi connectivity index (χ2v) is 12.3. The molecule has 1 aliphatic rings. The van der Waals surface area contributed by atoms with E-state index in [9.17, 15) is 9.36 Å². The molecule has 2 rings (SSSR count). The van der Waals surface area contributed by atoms with Crippen LogP contribution >= 0.6 is 7.60 Å². The fourth-order valence-corrected chi connectivity index (χ4v) is 6.09. The number of aromatic nitrogens is 2. The third-order valence-electron chi connectivity index (χ3n) is 6.82. The van der Waals surface area contributed by atoms with Gasteiger partial charge in [-0.1, -0.05) is 103 Å². The van der Waals surface area contributed by atoms with E-state index in [-0.39, 0.29) is 31.9 Å². The molecule has 2 unspecified atom stereocenters. The van der Waals surface area contributed by atoms with Gasteiger partial charge in [0.2, 0.25) is 0 Å². The van der Waals surface area contributed by atoms with Crippen LogP contribution in [0.5, 0.6) is 0 Å². The first-order valence-corrected chi connectivity index (χ1v) is 16.7. The molecule has 1 saturated heterocycles. The third-order valence-corrected chi connectivity index (χ3v) is 8.51. The van der Waals surface area contributed by atoms with Crippen molar-refractivity contribution in [1.29, 1.82) is 0 Å². The molecule has 0 bridgehead atoms. The molecule has 0 amide bonds. The lowest BCUT2D eigenvalue weighted by molar-refractivity contribution is -0.00466. The molecule has 38 heavy (non-hydrogen) atoms. The number of ether oxygens (including phenoxy) is 2. The van der Waals surface area contributed by atoms with Crippen molar-refractivity contribution in [1.82, 2.24) is 9.55 Å². The summed E-state index contributed by atoms with van der Waals surface area (Å²) in [5.74, 6) is 0.153. The van der Waals surface area contributed by atoms with Crippen LogP contribution in [0.25, 0.3) is 0 Å². The molecule has 2 heterocycles. The van der Waals surface area contributed by atoms with Gasteiger partial charge in [0.05, 0.1) is 26.4 Å². The predicted molar refractivity (Wildman–Crippen MR) is 153 cm³/mol. The Hall–Kier alpha value is -1.25. The van der Waals surface area contributed by atoms with Gasteiger partial charge in [0.15, 0.2) is 0 Å². The Morgan fingerprint density at radius 1 is 0.921 bits per heavy atom. The van der Waals surface area contributed by atoms with Crippen LogP contribution in [-0.2, 0) is 29.6 Å². The molecule has 0 saturated carbocycles. The fraction of sp³-hybridized carbons (Fsp3) is 0.857. The summed E-state index contributed by atoms with van der Waals surface area (Å²) in [5, 5.41) is 0. The van der Waals surface area contributed by atoms with Gasteiger partial charge in [-0.25, -0.2) is 4.79 Å². The first kappa shape index (κ1) is 33.0. The summed E-state index contributed by atoms with van der Waals surface area (Å²) in [6, 6.07) is 1.53. The molecule has 220 valence electrons. The average Bonchev–Trinajstić information content (AvgIpc) is 2.89. The minimum atomic E-state index is -3.39. The van der Waals surface area contributed by atoms with Crippen LogP contribution in [0.15, 0.2) is 17.1 Å². The summed E-state index contributed by atoms with van der Waals surface area (Å²) in [4.78, 5) is 15.6. The number of hydrogen-bond acceptors (Lipinski definition) is 8. The van der Waals surface area contributed by atoms with Crippen LogP contribution in [0.1, 0.15) is 110 Å². The molecule has 2 N–H and O–H groups in total. The van der Waals surface area contributed by atoms with Crippen molar-refractivity contribution >= 4 is 13.4 Å². The van der Waals surface area contributed by atoms with Crippen LogP contribution in [0, 0.1) is 0 Å². The Kier molecular flexibility index (Phi) is 17.9. The number of rotatable bonds is 23. The first-order chi connectivity index (χ1) is 18.5. The van der Waals surface area contributed by atoms with Gasteiger partial charge in [-0.3, -0.25) is 13.7 Å². The number of unbranched alkanes of at least 4 members (excludes halogenated alkanes) is 15. The number of nitrogen functional groups attached to an aromatic ring is 1. The van der Waals surface area contributed by atoms with Crippen LogP contribution < -0.4 is 11.4 Å². The second kappa shape index (κ2) is 20.6. The van der Waals surface area contributed by atoms with Crippen molar-refractivity contribution in [3.63, 3.8) is 0 Å². The summed E-state index contributed by atoms with van der Waals surface area (Å²) in [6.45, 7) is 3.87. The zero-order valence-corrected chi connectivity index (χ0v) is 24.6. The fourth-order valence-electron chi connectivity index (χ4n) is 4.63. The summed E-state index contributed by atoms with van der Waals surface area (Å²) >= 11 is 0. The van der Waals surface area contributed by atoms with Gasteiger partial charge in [0.25, 0.3) is 0 Å². The van der Waals surface area contributed by atoms with E-state index in [1.807, 2.05) is 0 Å². The highest BCUT2D eigenvalue weighted by molar-refractivity contribution is 7.53. The van der Waals surface area contributed by atoms with Crippen molar-refractivity contribution in [3.05, 3.63) is 22.7 Å². The summed E-state index contributed by atoms with van der Waals surface area (Å²) in [5.41, 5.74) is 5.02. The molecular weight excluding hydrogens is 505 g/mol. The Bertz CT molecular complexity index is 837. The molecule has 10 heteroatoms. The predicted octanol–water partition coefficient (Wildman–Crippen LogP) is 6.69. The maximum atomic E-state index is 12.8. The van der Waals surface area contributed by atoms with E-state index in [1.54, 1.807) is 0 Å². The van der Waals surface area contributed by atoms with Gasteiger partial charge in [-0.2, -0.15) is 4.98 Å². The van der Waals surface area contributed by atoms with E-state index in [2.05, 4.69) is 11.9 Å².